The molecule has 1 aliphatic heterocycles. The third-order valence-corrected chi connectivity index (χ3v) is 4.31. The lowest BCUT2D eigenvalue weighted by molar-refractivity contribution is 0.174. The van der Waals surface area contributed by atoms with Crippen LogP contribution in [0.2, 0.25) is 0 Å². The summed E-state index contributed by atoms with van der Waals surface area (Å²) < 4.78 is 12.5. The highest BCUT2D eigenvalue weighted by Crippen LogP contribution is 2.34. The molecule has 3 aromatic rings. The summed E-state index contributed by atoms with van der Waals surface area (Å²) >= 11 is 1.58. The van der Waals surface area contributed by atoms with E-state index in [0.29, 0.717) is 12.6 Å². The Morgan fingerprint density at radius 3 is 2.91 bits per heavy atom. The topological polar surface area (TPSA) is 61.5 Å². The molecule has 0 saturated heterocycles. The number of hydrogen-bond acceptors (Lipinski definition) is 6. The second-order valence-corrected chi connectivity index (χ2v) is 6.06. The first kappa shape index (κ1) is 13.4. The van der Waals surface area contributed by atoms with Crippen LogP contribution in [0, 0.1) is 13.8 Å². The molecule has 7 heteroatoms. The van der Waals surface area contributed by atoms with Gasteiger partial charge in [-0.05, 0) is 37.6 Å². The summed E-state index contributed by atoms with van der Waals surface area (Å²) in [4.78, 5) is 8.87. The maximum atomic E-state index is 5.39. The zero-order valence-electron chi connectivity index (χ0n) is 12.2. The molecule has 0 fully saturated rings. The Hall–Kier alpha value is -2.28. The number of ether oxygens (including phenoxy) is 2. The van der Waals surface area contributed by atoms with E-state index in [-0.39, 0.29) is 0 Å². The first-order valence-electron chi connectivity index (χ1n) is 6.91. The van der Waals surface area contributed by atoms with Crippen LogP contribution in [0.3, 0.4) is 0 Å². The van der Waals surface area contributed by atoms with E-state index in [1.807, 2.05) is 38.1 Å². The number of nitrogens with zero attached hydrogens (tertiary/aromatic N) is 4. The van der Waals surface area contributed by atoms with Gasteiger partial charge in [0.2, 0.25) is 11.9 Å². The van der Waals surface area contributed by atoms with Crippen molar-refractivity contribution in [3.63, 3.8) is 0 Å². The molecule has 0 amide bonds. The molecule has 0 radical (unpaired) electrons. The summed E-state index contributed by atoms with van der Waals surface area (Å²) in [5, 5.41) is 5.21. The largest absolute Gasteiger partial charge is 0.454 e. The van der Waals surface area contributed by atoms with Crippen molar-refractivity contribution >= 4 is 17.5 Å². The summed E-state index contributed by atoms with van der Waals surface area (Å²) in [5.74, 6) is 3.01. The predicted molar refractivity (Wildman–Crippen MR) is 82.4 cm³/mol. The van der Waals surface area contributed by atoms with Crippen molar-refractivity contribution in [1.82, 2.24) is 19.6 Å². The molecule has 2 aromatic heterocycles. The first-order chi connectivity index (χ1) is 10.7. The Morgan fingerprint density at radius 1 is 1.14 bits per heavy atom. The SMILES string of the molecule is Cc1cc(C)n2nc(SCc3ccc4c(c3)OCO4)nc2n1. The molecule has 0 bridgehead atoms. The molecule has 1 aromatic carbocycles. The van der Waals surface area contributed by atoms with Gasteiger partial charge in [-0.1, -0.05) is 17.8 Å². The van der Waals surface area contributed by atoms with Crippen molar-refractivity contribution in [2.45, 2.75) is 24.8 Å². The highest BCUT2D eigenvalue weighted by Gasteiger charge is 2.14. The summed E-state index contributed by atoms with van der Waals surface area (Å²) in [5.41, 5.74) is 3.13. The van der Waals surface area contributed by atoms with Crippen LogP contribution in [0.1, 0.15) is 17.0 Å². The molecule has 0 aliphatic carbocycles. The number of fused-ring (bicyclic) bond motifs is 2. The standard InChI is InChI=1S/C15H14N4O2S/c1-9-5-10(2)19-14(16-9)17-15(18-19)22-7-11-3-4-12-13(6-11)21-8-20-12/h3-6H,7-8H2,1-2H3. The van der Waals surface area contributed by atoms with Gasteiger partial charge in [0.25, 0.3) is 5.78 Å². The lowest BCUT2D eigenvalue weighted by Gasteiger charge is -2.00. The van der Waals surface area contributed by atoms with Crippen molar-refractivity contribution in [3.05, 3.63) is 41.2 Å². The van der Waals surface area contributed by atoms with Crippen LogP contribution in [0.4, 0.5) is 0 Å². The van der Waals surface area contributed by atoms with E-state index in [0.717, 1.165) is 39.4 Å². The number of aromatic nitrogens is 4. The van der Waals surface area contributed by atoms with Gasteiger partial charge in [0, 0.05) is 17.1 Å². The smallest absolute Gasteiger partial charge is 0.253 e. The molecule has 0 N–H and O–H groups in total. The van der Waals surface area contributed by atoms with E-state index in [9.17, 15) is 0 Å². The average molecular weight is 314 g/mol. The third kappa shape index (κ3) is 2.37. The van der Waals surface area contributed by atoms with Crippen LogP contribution < -0.4 is 9.47 Å². The maximum absolute atomic E-state index is 5.39. The van der Waals surface area contributed by atoms with E-state index in [2.05, 4.69) is 15.1 Å². The molecule has 0 saturated carbocycles. The first-order valence-corrected chi connectivity index (χ1v) is 7.90. The normalized spacial score (nSPS) is 13.0. The fourth-order valence-corrected chi connectivity index (χ4v) is 3.15. The minimum absolute atomic E-state index is 0.296. The molecule has 0 spiro atoms. The molecule has 3 heterocycles. The zero-order valence-corrected chi connectivity index (χ0v) is 13.1. The van der Waals surface area contributed by atoms with Gasteiger partial charge in [0.05, 0.1) is 0 Å². The van der Waals surface area contributed by atoms with Gasteiger partial charge >= 0.3 is 0 Å². The number of thioether (sulfide) groups is 1. The third-order valence-electron chi connectivity index (χ3n) is 3.40. The van der Waals surface area contributed by atoms with Crippen LogP contribution in [0.25, 0.3) is 5.78 Å². The minimum atomic E-state index is 0.296. The summed E-state index contributed by atoms with van der Waals surface area (Å²) in [7, 11) is 0. The molecule has 4 rings (SSSR count). The van der Waals surface area contributed by atoms with Crippen molar-refractivity contribution in [2.75, 3.05) is 6.79 Å². The Morgan fingerprint density at radius 2 is 2.00 bits per heavy atom. The monoisotopic (exact) mass is 314 g/mol. The van der Waals surface area contributed by atoms with Crippen molar-refractivity contribution < 1.29 is 9.47 Å². The van der Waals surface area contributed by atoms with E-state index in [1.54, 1.807) is 16.3 Å². The second kappa shape index (κ2) is 5.17. The van der Waals surface area contributed by atoms with Gasteiger partial charge in [-0.2, -0.15) is 4.98 Å². The van der Waals surface area contributed by atoms with Crippen molar-refractivity contribution in [2.24, 2.45) is 0 Å². The second-order valence-electron chi connectivity index (χ2n) is 5.12. The summed E-state index contributed by atoms with van der Waals surface area (Å²) in [6, 6.07) is 7.96. The molecule has 22 heavy (non-hydrogen) atoms. The summed E-state index contributed by atoms with van der Waals surface area (Å²) in [6.07, 6.45) is 0. The van der Waals surface area contributed by atoms with Crippen molar-refractivity contribution in [1.29, 1.82) is 0 Å². The Bertz CT molecular complexity index is 862. The van der Waals surface area contributed by atoms with Crippen LogP contribution in [-0.2, 0) is 5.75 Å². The highest BCUT2D eigenvalue weighted by molar-refractivity contribution is 7.98. The minimum Gasteiger partial charge on any atom is -0.454 e. The zero-order chi connectivity index (χ0) is 15.1. The molecular weight excluding hydrogens is 300 g/mol. The van der Waals surface area contributed by atoms with Crippen LogP contribution in [0.5, 0.6) is 11.5 Å². The lowest BCUT2D eigenvalue weighted by atomic mass is 10.2. The number of hydrogen-bond donors (Lipinski definition) is 0. The molecule has 6 nitrogen and oxygen atoms in total. The Kier molecular flexibility index (Phi) is 3.15. The van der Waals surface area contributed by atoms with Crippen LogP contribution >= 0.6 is 11.8 Å². The summed E-state index contributed by atoms with van der Waals surface area (Å²) in [6.45, 7) is 4.26. The van der Waals surface area contributed by atoms with Gasteiger partial charge in [0.1, 0.15) is 0 Å². The van der Waals surface area contributed by atoms with E-state index in [1.165, 1.54) is 0 Å². The average Bonchev–Trinajstić information content (AvgIpc) is 3.10. The molecule has 0 unspecified atom stereocenters. The highest BCUT2D eigenvalue weighted by atomic mass is 32.2. The Balaban J connectivity index is 1.55. The number of benzene rings is 1. The molecular formula is C15H14N4O2S. The van der Waals surface area contributed by atoms with Gasteiger partial charge in [-0.25, -0.2) is 9.50 Å². The van der Waals surface area contributed by atoms with Gasteiger partial charge in [0.15, 0.2) is 11.5 Å². The fraction of sp³-hybridized carbons (Fsp3) is 0.267. The molecule has 0 atom stereocenters. The van der Waals surface area contributed by atoms with Crippen molar-refractivity contribution in [3.8, 4) is 11.5 Å². The maximum Gasteiger partial charge on any atom is 0.253 e. The van der Waals surface area contributed by atoms with Gasteiger partial charge < -0.3 is 9.47 Å². The van der Waals surface area contributed by atoms with E-state index in [4.69, 9.17) is 9.47 Å². The molecule has 1 aliphatic rings. The number of rotatable bonds is 3. The van der Waals surface area contributed by atoms with Crippen LogP contribution in [0.15, 0.2) is 29.4 Å². The quantitative estimate of drug-likeness (QED) is 0.693. The molecule has 112 valence electrons. The van der Waals surface area contributed by atoms with E-state index < -0.39 is 0 Å². The van der Waals surface area contributed by atoms with E-state index >= 15 is 0 Å². The lowest BCUT2D eigenvalue weighted by Crippen LogP contribution is -1.97. The predicted octanol–water partition coefficient (Wildman–Crippen LogP) is 2.76. The van der Waals surface area contributed by atoms with Crippen LogP contribution in [-0.4, -0.2) is 26.4 Å². The number of aryl methyl sites for hydroxylation is 2. The van der Waals surface area contributed by atoms with Gasteiger partial charge in [-0.3, -0.25) is 0 Å². The fourth-order valence-electron chi connectivity index (χ4n) is 2.39. The Labute approximate surface area is 131 Å². The van der Waals surface area contributed by atoms with Gasteiger partial charge in [-0.15, -0.1) is 5.10 Å².